The van der Waals surface area contributed by atoms with Gasteiger partial charge in [-0.05, 0) is 64.6 Å². The number of hydrogen-bond acceptors (Lipinski definition) is 2. The van der Waals surface area contributed by atoms with Crippen LogP contribution in [-0.4, -0.2) is 22.9 Å². The van der Waals surface area contributed by atoms with Gasteiger partial charge >= 0.3 is 0 Å². The summed E-state index contributed by atoms with van der Waals surface area (Å²) in [6, 6.07) is 86.8. The average molecular weight is 787 g/mol. The molecule has 2 nitrogen and oxygen atoms in total. The minimum absolute atomic E-state index is 0.114. The second kappa shape index (κ2) is 14.5. The summed E-state index contributed by atoms with van der Waals surface area (Å²) >= 11 is 0. The lowest BCUT2D eigenvalue weighted by molar-refractivity contribution is 0.468. The van der Waals surface area contributed by atoms with Crippen LogP contribution in [0, 0.1) is 0 Å². The maximum atomic E-state index is 7.31. The number of benzene rings is 9. The Morgan fingerprint density at radius 2 is 0.542 bits per heavy atom. The standard InChI is InChI=1S/C54H39BO2Si2/c1-7-22-40(23-8-1)58(41-24-9-2-10-25-41,42-26-11-3-12-27-42)50-38-19-34-46-53(50)56-48-36-21-37-49-52(48)55(46)47-35-20-39-51(54(47)57-49)59(43-28-13-4-14-29-43,44-30-15-5-16-31-44)45-32-17-6-18-33-45/h1-39H. The Bertz CT molecular complexity index is 2540. The molecule has 2 aliphatic rings. The van der Waals surface area contributed by atoms with Gasteiger partial charge in [0, 0.05) is 5.46 Å². The molecule has 2 aliphatic heterocycles. The van der Waals surface area contributed by atoms with E-state index < -0.39 is 16.1 Å². The summed E-state index contributed by atoms with van der Waals surface area (Å²) in [5.74, 6) is 3.58. The van der Waals surface area contributed by atoms with Gasteiger partial charge in [0.2, 0.25) is 0 Å². The maximum absolute atomic E-state index is 7.31. The molecule has 0 saturated heterocycles. The van der Waals surface area contributed by atoms with Crippen LogP contribution in [0.4, 0.5) is 0 Å². The third-order valence-electron chi connectivity index (χ3n) is 12.5. The van der Waals surface area contributed by atoms with Crippen molar-refractivity contribution in [1.29, 1.82) is 0 Å². The number of para-hydroxylation sites is 2. The lowest BCUT2D eigenvalue weighted by Gasteiger charge is -2.41. The van der Waals surface area contributed by atoms with Crippen molar-refractivity contribution in [2.45, 2.75) is 0 Å². The molecule has 11 rings (SSSR count). The van der Waals surface area contributed by atoms with Gasteiger partial charge in [-0.25, -0.2) is 0 Å². The summed E-state index contributed by atoms with van der Waals surface area (Å²) in [4.78, 5) is 0. The molecule has 0 aliphatic carbocycles. The third-order valence-corrected chi connectivity index (χ3v) is 22.1. The number of ether oxygens (including phenoxy) is 2. The molecule has 278 valence electrons. The molecule has 5 heteroatoms. The molecule has 9 aromatic carbocycles. The van der Waals surface area contributed by atoms with Crippen molar-refractivity contribution < 1.29 is 9.47 Å². The van der Waals surface area contributed by atoms with Crippen LogP contribution >= 0.6 is 0 Å². The van der Waals surface area contributed by atoms with Gasteiger partial charge in [0.15, 0.2) is 16.1 Å². The Morgan fingerprint density at radius 1 is 0.271 bits per heavy atom. The van der Waals surface area contributed by atoms with Crippen LogP contribution in [0.1, 0.15) is 0 Å². The van der Waals surface area contributed by atoms with E-state index in [0.29, 0.717) is 0 Å². The first kappa shape index (κ1) is 35.3. The van der Waals surface area contributed by atoms with Crippen LogP contribution in [-0.2, 0) is 0 Å². The van der Waals surface area contributed by atoms with Crippen molar-refractivity contribution in [3.63, 3.8) is 0 Å². The average Bonchev–Trinajstić information content (AvgIpc) is 3.32. The van der Waals surface area contributed by atoms with Gasteiger partial charge in [-0.1, -0.05) is 224 Å². The Hall–Kier alpha value is -6.92. The SMILES string of the molecule is c1ccc([Si](c2ccccc2)(c2ccccc2)c2cccc3c2Oc2cccc4c2B3c2cccc([Si](c3ccccc3)(c3ccccc3)c3ccccc3)c2O4)cc1. The zero-order valence-corrected chi connectivity index (χ0v) is 34.4. The zero-order valence-electron chi connectivity index (χ0n) is 32.4. The van der Waals surface area contributed by atoms with Crippen molar-refractivity contribution >= 4 is 80.7 Å². The summed E-state index contributed by atoms with van der Waals surface area (Å²) in [6.07, 6.45) is 0. The summed E-state index contributed by atoms with van der Waals surface area (Å²) in [6.45, 7) is -0.114. The molecule has 2 heterocycles. The van der Waals surface area contributed by atoms with Crippen LogP contribution in [0.25, 0.3) is 0 Å². The van der Waals surface area contributed by atoms with E-state index in [1.165, 1.54) is 41.5 Å². The monoisotopic (exact) mass is 786 g/mol. The first-order valence-electron chi connectivity index (χ1n) is 20.4. The molecule has 0 saturated carbocycles. The minimum atomic E-state index is -2.95. The second-order valence-electron chi connectivity index (χ2n) is 15.4. The van der Waals surface area contributed by atoms with Crippen molar-refractivity contribution in [3.8, 4) is 23.0 Å². The number of fused-ring (bicyclic) bond motifs is 4. The van der Waals surface area contributed by atoms with E-state index in [-0.39, 0.29) is 6.71 Å². The molecule has 0 aromatic heterocycles. The van der Waals surface area contributed by atoms with E-state index >= 15 is 0 Å². The summed E-state index contributed by atoms with van der Waals surface area (Å²) < 4.78 is 14.6. The van der Waals surface area contributed by atoms with Gasteiger partial charge in [-0.3, -0.25) is 0 Å². The fourth-order valence-corrected chi connectivity index (χ4v) is 19.9. The van der Waals surface area contributed by atoms with Crippen molar-refractivity contribution in [3.05, 3.63) is 237 Å². The van der Waals surface area contributed by atoms with Crippen molar-refractivity contribution in [2.75, 3.05) is 0 Å². The Labute approximate surface area is 348 Å². The molecule has 9 aromatic rings. The van der Waals surface area contributed by atoms with Gasteiger partial charge in [-0.2, -0.15) is 0 Å². The molecule has 0 amide bonds. The predicted molar refractivity (Wildman–Crippen MR) is 251 cm³/mol. The van der Waals surface area contributed by atoms with Gasteiger partial charge in [0.25, 0.3) is 6.71 Å². The summed E-state index contributed by atoms with van der Waals surface area (Å²) in [5.41, 5.74) is 3.41. The van der Waals surface area contributed by atoms with Gasteiger partial charge in [0.05, 0.1) is 0 Å². The van der Waals surface area contributed by atoms with E-state index in [0.717, 1.165) is 39.4 Å². The molecule has 59 heavy (non-hydrogen) atoms. The highest BCUT2D eigenvalue weighted by molar-refractivity contribution is 7.21. The Morgan fingerprint density at radius 3 is 0.831 bits per heavy atom. The van der Waals surface area contributed by atoms with Crippen LogP contribution in [0.5, 0.6) is 23.0 Å². The lowest BCUT2D eigenvalue weighted by Crippen LogP contribution is -2.76. The third kappa shape index (κ3) is 5.39. The molecule has 0 N–H and O–H groups in total. The van der Waals surface area contributed by atoms with E-state index in [1.807, 2.05) is 0 Å². The minimum Gasteiger partial charge on any atom is -0.458 e. The molecule has 0 radical (unpaired) electrons. The van der Waals surface area contributed by atoms with E-state index in [9.17, 15) is 0 Å². The largest absolute Gasteiger partial charge is 0.458 e. The van der Waals surface area contributed by atoms with Crippen molar-refractivity contribution in [1.82, 2.24) is 0 Å². The predicted octanol–water partition coefficient (Wildman–Crippen LogP) is 5.17. The molecule has 0 spiro atoms. The van der Waals surface area contributed by atoms with E-state index in [2.05, 4.69) is 237 Å². The molecule has 0 bridgehead atoms. The second-order valence-corrected chi connectivity index (χ2v) is 23.0. The molecular weight excluding hydrogens is 748 g/mol. The quantitative estimate of drug-likeness (QED) is 0.157. The van der Waals surface area contributed by atoms with E-state index in [4.69, 9.17) is 9.47 Å². The highest BCUT2D eigenvalue weighted by atomic mass is 28.3. The van der Waals surface area contributed by atoms with E-state index in [1.54, 1.807) is 0 Å². The first-order chi connectivity index (χ1) is 29.3. The Kier molecular flexibility index (Phi) is 8.65. The smallest absolute Gasteiger partial charge is 0.260 e. The summed E-state index contributed by atoms with van der Waals surface area (Å²) in [7, 11) is -5.91. The fraction of sp³-hybridized carbons (Fsp3) is 0. The van der Waals surface area contributed by atoms with Crippen LogP contribution in [0.15, 0.2) is 237 Å². The summed E-state index contributed by atoms with van der Waals surface area (Å²) in [5, 5.41) is 10.4. The van der Waals surface area contributed by atoms with Crippen LogP contribution < -0.4 is 67.4 Å². The fourth-order valence-electron chi connectivity index (χ4n) is 10.1. The van der Waals surface area contributed by atoms with Crippen molar-refractivity contribution in [2.24, 2.45) is 0 Å². The van der Waals surface area contributed by atoms with Crippen LogP contribution in [0.2, 0.25) is 0 Å². The van der Waals surface area contributed by atoms with Gasteiger partial charge in [0.1, 0.15) is 23.0 Å². The van der Waals surface area contributed by atoms with Crippen LogP contribution in [0.3, 0.4) is 0 Å². The normalized spacial score (nSPS) is 12.6. The van der Waals surface area contributed by atoms with Gasteiger partial charge in [-0.15, -0.1) is 0 Å². The topological polar surface area (TPSA) is 18.5 Å². The molecule has 0 fully saturated rings. The lowest BCUT2D eigenvalue weighted by atomic mass is 9.35. The molecule has 0 unspecified atom stereocenters. The first-order valence-corrected chi connectivity index (χ1v) is 24.4. The number of hydrogen-bond donors (Lipinski definition) is 0. The highest BCUT2D eigenvalue weighted by Crippen LogP contribution is 2.35. The maximum Gasteiger partial charge on any atom is 0.260 e. The number of rotatable bonds is 8. The van der Waals surface area contributed by atoms with Gasteiger partial charge < -0.3 is 9.47 Å². The molecule has 0 atom stereocenters. The Balaban J connectivity index is 1.22. The molecular formula is C54H39BO2Si2. The highest BCUT2D eigenvalue weighted by Gasteiger charge is 2.50. The zero-order chi connectivity index (χ0) is 39.2.